The summed E-state index contributed by atoms with van der Waals surface area (Å²) >= 11 is 7.26. The van der Waals surface area contributed by atoms with Crippen LogP contribution in [0, 0.1) is 5.82 Å². The van der Waals surface area contributed by atoms with Gasteiger partial charge in [-0.1, -0.05) is 17.7 Å². The van der Waals surface area contributed by atoms with Crippen molar-refractivity contribution in [1.82, 2.24) is 9.13 Å². The molecule has 0 saturated heterocycles. The highest BCUT2D eigenvalue weighted by Gasteiger charge is 2.15. The molecule has 0 radical (unpaired) electrons. The summed E-state index contributed by atoms with van der Waals surface area (Å²) in [7, 11) is 1.41. The molecule has 1 aromatic carbocycles. The van der Waals surface area contributed by atoms with Gasteiger partial charge in [-0.25, -0.2) is 9.18 Å². The van der Waals surface area contributed by atoms with Crippen molar-refractivity contribution < 1.29 is 4.39 Å². The molecule has 4 nitrogen and oxygen atoms in total. The molecule has 108 valence electrons. The van der Waals surface area contributed by atoms with Crippen LogP contribution in [-0.2, 0) is 13.6 Å². The van der Waals surface area contributed by atoms with E-state index >= 15 is 0 Å². The van der Waals surface area contributed by atoms with Crippen LogP contribution in [0.25, 0.3) is 10.2 Å². The van der Waals surface area contributed by atoms with Crippen molar-refractivity contribution in [2.45, 2.75) is 6.54 Å². The van der Waals surface area contributed by atoms with Crippen LogP contribution < -0.4 is 11.2 Å². The molecule has 0 atom stereocenters. The Balaban J connectivity index is 2.29. The lowest BCUT2D eigenvalue weighted by molar-refractivity contribution is 0.590. The van der Waals surface area contributed by atoms with Crippen molar-refractivity contribution >= 4 is 33.2 Å². The van der Waals surface area contributed by atoms with E-state index in [1.165, 1.54) is 35.1 Å². The molecule has 0 aliphatic rings. The van der Waals surface area contributed by atoms with Gasteiger partial charge in [-0.2, -0.15) is 0 Å². The largest absolute Gasteiger partial charge is 0.331 e. The van der Waals surface area contributed by atoms with Crippen molar-refractivity contribution in [2.75, 3.05) is 0 Å². The predicted molar refractivity (Wildman–Crippen MR) is 81.8 cm³/mol. The lowest BCUT2D eigenvalue weighted by Crippen LogP contribution is -2.37. The Bertz CT molecular complexity index is 937. The van der Waals surface area contributed by atoms with Crippen LogP contribution in [0.1, 0.15) is 5.56 Å². The van der Waals surface area contributed by atoms with Gasteiger partial charge in [-0.3, -0.25) is 13.9 Å². The zero-order chi connectivity index (χ0) is 15.1. The van der Waals surface area contributed by atoms with Crippen LogP contribution in [0.4, 0.5) is 4.39 Å². The SMILES string of the molecule is Cn1c(=O)c2sccc2n(Cc2c(F)cccc2Cl)c1=O. The maximum absolute atomic E-state index is 13.9. The Morgan fingerprint density at radius 3 is 2.76 bits per heavy atom. The van der Waals surface area contributed by atoms with E-state index in [1.807, 2.05) is 0 Å². The van der Waals surface area contributed by atoms with Gasteiger partial charge in [0.05, 0.1) is 12.1 Å². The molecule has 0 unspecified atom stereocenters. The summed E-state index contributed by atoms with van der Waals surface area (Å²) in [5.74, 6) is -0.480. The normalized spacial score (nSPS) is 11.2. The third-order valence-electron chi connectivity index (χ3n) is 3.33. The number of benzene rings is 1. The number of rotatable bonds is 2. The van der Waals surface area contributed by atoms with E-state index in [1.54, 1.807) is 17.5 Å². The smallest absolute Gasteiger partial charge is 0.288 e. The van der Waals surface area contributed by atoms with Crippen molar-refractivity contribution in [3.63, 3.8) is 0 Å². The van der Waals surface area contributed by atoms with E-state index < -0.39 is 11.5 Å². The fraction of sp³-hybridized carbons (Fsp3) is 0.143. The Labute approximate surface area is 127 Å². The third-order valence-corrected chi connectivity index (χ3v) is 4.58. The number of thiophene rings is 1. The second-order valence-corrected chi connectivity index (χ2v) is 5.89. The minimum atomic E-state index is -0.495. The summed E-state index contributed by atoms with van der Waals surface area (Å²) in [5.41, 5.74) is -0.120. The molecule has 0 aliphatic carbocycles. The maximum Gasteiger partial charge on any atom is 0.331 e. The standard InChI is InChI=1S/C14H10ClFN2O2S/c1-17-13(19)12-11(5-6-21-12)18(14(17)20)7-8-9(15)3-2-4-10(8)16/h2-6H,7H2,1H3. The van der Waals surface area contributed by atoms with Crippen LogP contribution in [0.2, 0.25) is 5.02 Å². The third kappa shape index (κ3) is 2.20. The number of aromatic nitrogens is 2. The van der Waals surface area contributed by atoms with Gasteiger partial charge < -0.3 is 0 Å². The predicted octanol–water partition coefficient (Wildman–Crippen LogP) is 2.60. The molecular formula is C14H10ClFN2O2S. The van der Waals surface area contributed by atoms with E-state index in [2.05, 4.69) is 0 Å². The zero-order valence-electron chi connectivity index (χ0n) is 11.0. The van der Waals surface area contributed by atoms with Crippen molar-refractivity contribution in [2.24, 2.45) is 7.05 Å². The molecule has 0 bridgehead atoms. The lowest BCUT2D eigenvalue weighted by Gasteiger charge is -2.11. The van der Waals surface area contributed by atoms with E-state index in [9.17, 15) is 14.0 Å². The fourth-order valence-electron chi connectivity index (χ4n) is 2.19. The summed E-state index contributed by atoms with van der Waals surface area (Å²) in [4.78, 5) is 24.3. The Morgan fingerprint density at radius 2 is 2.05 bits per heavy atom. The molecule has 21 heavy (non-hydrogen) atoms. The maximum atomic E-state index is 13.9. The van der Waals surface area contributed by atoms with Crippen molar-refractivity contribution in [1.29, 1.82) is 0 Å². The first kappa shape index (κ1) is 14.0. The molecular weight excluding hydrogens is 315 g/mol. The average molecular weight is 325 g/mol. The van der Waals surface area contributed by atoms with E-state index in [0.29, 0.717) is 10.2 Å². The first-order chi connectivity index (χ1) is 10.0. The van der Waals surface area contributed by atoms with Gasteiger partial charge in [0.25, 0.3) is 5.56 Å². The van der Waals surface area contributed by atoms with Crippen LogP contribution in [-0.4, -0.2) is 9.13 Å². The summed E-state index contributed by atoms with van der Waals surface area (Å²) in [6.07, 6.45) is 0. The fourth-order valence-corrected chi connectivity index (χ4v) is 3.29. The monoisotopic (exact) mass is 324 g/mol. The first-order valence-corrected chi connectivity index (χ1v) is 7.36. The van der Waals surface area contributed by atoms with Crippen molar-refractivity contribution in [3.8, 4) is 0 Å². The van der Waals surface area contributed by atoms with Crippen molar-refractivity contribution in [3.05, 3.63) is 66.9 Å². The molecule has 7 heteroatoms. The number of fused-ring (bicyclic) bond motifs is 1. The van der Waals surface area contributed by atoms with Gasteiger partial charge >= 0.3 is 5.69 Å². The molecule has 2 heterocycles. The van der Waals surface area contributed by atoms with Crippen LogP contribution in [0.15, 0.2) is 39.2 Å². The Kier molecular flexibility index (Phi) is 3.43. The average Bonchev–Trinajstić information content (AvgIpc) is 2.93. The Hall–Kier alpha value is -1.92. The highest BCUT2D eigenvalue weighted by molar-refractivity contribution is 7.17. The molecule has 0 amide bonds. The van der Waals surface area contributed by atoms with Gasteiger partial charge in [-0.15, -0.1) is 11.3 Å². The van der Waals surface area contributed by atoms with Gasteiger partial charge in [0.1, 0.15) is 10.5 Å². The molecule has 0 fully saturated rings. The van der Waals surface area contributed by atoms with Gasteiger partial charge in [-0.05, 0) is 23.6 Å². The highest BCUT2D eigenvalue weighted by Crippen LogP contribution is 2.22. The molecule has 0 aliphatic heterocycles. The van der Waals surface area contributed by atoms with E-state index in [-0.39, 0.29) is 22.7 Å². The van der Waals surface area contributed by atoms with E-state index in [0.717, 1.165) is 4.57 Å². The minimum Gasteiger partial charge on any atom is -0.288 e. The molecule has 3 aromatic rings. The molecule has 0 N–H and O–H groups in total. The number of hydrogen-bond acceptors (Lipinski definition) is 3. The quantitative estimate of drug-likeness (QED) is 0.727. The zero-order valence-corrected chi connectivity index (χ0v) is 12.5. The lowest BCUT2D eigenvalue weighted by atomic mass is 10.2. The van der Waals surface area contributed by atoms with Gasteiger partial charge in [0.15, 0.2) is 0 Å². The topological polar surface area (TPSA) is 44.0 Å². The molecule has 0 saturated carbocycles. The van der Waals surface area contributed by atoms with E-state index in [4.69, 9.17) is 11.6 Å². The van der Waals surface area contributed by atoms with Gasteiger partial charge in [0, 0.05) is 17.6 Å². The van der Waals surface area contributed by atoms with Gasteiger partial charge in [0.2, 0.25) is 0 Å². The Morgan fingerprint density at radius 1 is 1.29 bits per heavy atom. The first-order valence-electron chi connectivity index (χ1n) is 6.10. The number of halogens is 2. The van der Waals surface area contributed by atoms with Crippen LogP contribution in [0.3, 0.4) is 0 Å². The highest BCUT2D eigenvalue weighted by atomic mass is 35.5. The molecule has 0 spiro atoms. The summed E-state index contributed by atoms with van der Waals surface area (Å²) in [5, 5.41) is 1.98. The summed E-state index contributed by atoms with van der Waals surface area (Å²) < 4.78 is 16.8. The summed E-state index contributed by atoms with van der Waals surface area (Å²) in [6, 6.07) is 6.04. The van der Waals surface area contributed by atoms with Crippen LogP contribution in [0.5, 0.6) is 0 Å². The number of nitrogens with zero attached hydrogens (tertiary/aromatic N) is 2. The molecule has 2 aromatic heterocycles. The number of hydrogen-bond donors (Lipinski definition) is 0. The summed E-state index contributed by atoms with van der Waals surface area (Å²) in [6.45, 7) is -0.0221. The molecule has 3 rings (SSSR count). The second kappa shape index (κ2) is 5.13. The minimum absolute atomic E-state index is 0.0221. The van der Waals surface area contributed by atoms with Crippen LogP contribution >= 0.6 is 22.9 Å². The second-order valence-electron chi connectivity index (χ2n) is 4.57.